The van der Waals surface area contributed by atoms with Crippen LogP contribution in [0.25, 0.3) is 0 Å². The third-order valence-corrected chi connectivity index (χ3v) is 4.83. The highest BCUT2D eigenvalue weighted by molar-refractivity contribution is 6.30. The molecule has 1 aromatic carbocycles. The van der Waals surface area contributed by atoms with Gasteiger partial charge in [-0.1, -0.05) is 43.7 Å². The van der Waals surface area contributed by atoms with Gasteiger partial charge in [0, 0.05) is 5.02 Å². The van der Waals surface area contributed by atoms with Gasteiger partial charge in [-0.3, -0.25) is 0 Å². The Kier molecular flexibility index (Phi) is 13.1. The third-order valence-electron chi connectivity index (χ3n) is 4.58. The number of aliphatic carboxylic acids is 2. The van der Waals surface area contributed by atoms with Gasteiger partial charge in [-0.2, -0.15) is 0 Å². The predicted octanol–water partition coefficient (Wildman–Crippen LogP) is 4.70. The molecular weight excluding hydrogens is 382 g/mol. The molecule has 0 amide bonds. The van der Waals surface area contributed by atoms with Gasteiger partial charge in [0.1, 0.15) is 5.75 Å². The summed E-state index contributed by atoms with van der Waals surface area (Å²) >= 11 is 5.85. The van der Waals surface area contributed by atoms with Gasteiger partial charge < -0.3 is 19.8 Å². The van der Waals surface area contributed by atoms with Crippen LogP contribution in [0.4, 0.5) is 0 Å². The summed E-state index contributed by atoms with van der Waals surface area (Å²) in [6.07, 6.45) is 12.1. The molecule has 1 aliphatic heterocycles. The zero-order valence-corrected chi connectivity index (χ0v) is 17.2. The Morgan fingerprint density at radius 1 is 0.857 bits per heavy atom. The fraction of sp³-hybridized carbons (Fsp3) is 0.619. The van der Waals surface area contributed by atoms with E-state index in [-0.39, 0.29) is 0 Å². The van der Waals surface area contributed by atoms with E-state index in [0.29, 0.717) is 0 Å². The molecule has 28 heavy (non-hydrogen) atoms. The molecule has 2 N–H and O–H groups in total. The Hall–Kier alpha value is -1.79. The highest BCUT2D eigenvalue weighted by Gasteiger charge is 2.07. The van der Waals surface area contributed by atoms with E-state index in [1.54, 1.807) is 0 Å². The number of carboxylic acid groups (broad SMARTS) is 2. The van der Waals surface area contributed by atoms with E-state index < -0.39 is 11.9 Å². The summed E-state index contributed by atoms with van der Waals surface area (Å²) in [5.41, 5.74) is 0. The number of likely N-dealkylation sites (tertiary alicyclic amines) is 1. The van der Waals surface area contributed by atoms with Crippen LogP contribution in [-0.2, 0) is 9.59 Å². The van der Waals surface area contributed by atoms with Crippen molar-refractivity contribution in [2.75, 3.05) is 26.2 Å². The maximum atomic E-state index is 9.10. The van der Waals surface area contributed by atoms with E-state index in [9.17, 15) is 0 Å². The van der Waals surface area contributed by atoms with Crippen molar-refractivity contribution in [3.8, 4) is 5.75 Å². The third kappa shape index (κ3) is 12.6. The number of unbranched alkanes of at least 4 members (excludes halogenated alkanes) is 4. The van der Waals surface area contributed by atoms with Crippen molar-refractivity contribution in [1.29, 1.82) is 0 Å². The molecule has 7 heteroatoms. The lowest BCUT2D eigenvalue weighted by Gasteiger charge is -2.19. The lowest BCUT2D eigenvalue weighted by molar-refractivity contribution is -0.159. The van der Waals surface area contributed by atoms with E-state index in [0.717, 1.165) is 23.8 Å². The maximum Gasteiger partial charge on any atom is 0.414 e. The molecule has 158 valence electrons. The Bertz CT molecular complexity index is 544. The quantitative estimate of drug-likeness (QED) is 0.450. The van der Waals surface area contributed by atoms with Crippen LogP contribution in [0, 0.1) is 0 Å². The average molecular weight is 414 g/mol. The van der Waals surface area contributed by atoms with Crippen LogP contribution in [-0.4, -0.2) is 53.3 Å². The van der Waals surface area contributed by atoms with Crippen LogP contribution in [0.3, 0.4) is 0 Å². The molecule has 0 saturated carbocycles. The fourth-order valence-corrected chi connectivity index (χ4v) is 3.17. The van der Waals surface area contributed by atoms with Gasteiger partial charge in [-0.15, -0.1) is 0 Å². The number of benzene rings is 1. The summed E-state index contributed by atoms with van der Waals surface area (Å²) in [4.78, 5) is 20.9. The van der Waals surface area contributed by atoms with Crippen molar-refractivity contribution in [2.45, 2.75) is 57.8 Å². The summed E-state index contributed by atoms with van der Waals surface area (Å²) in [6, 6.07) is 7.62. The zero-order valence-electron chi connectivity index (χ0n) is 16.4. The summed E-state index contributed by atoms with van der Waals surface area (Å²) in [6.45, 7) is 4.78. The van der Waals surface area contributed by atoms with Crippen LogP contribution in [0.2, 0.25) is 5.02 Å². The molecular formula is C21H32ClNO5. The van der Waals surface area contributed by atoms with E-state index in [1.807, 2.05) is 24.3 Å². The van der Waals surface area contributed by atoms with Gasteiger partial charge >= 0.3 is 11.9 Å². The molecule has 0 spiro atoms. The minimum absolute atomic E-state index is 0.761. The molecule has 1 aliphatic rings. The molecule has 0 atom stereocenters. The molecule has 0 unspecified atom stereocenters. The van der Waals surface area contributed by atoms with Crippen LogP contribution in [0.1, 0.15) is 57.8 Å². The Labute approximate surface area is 172 Å². The zero-order chi connectivity index (χ0) is 20.6. The van der Waals surface area contributed by atoms with Gasteiger partial charge in [-0.25, -0.2) is 9.59 Å². The van der Waals surface area contributed by atoms with Crippen molar-refractivity contribution in [3.05, 3.63) is 29.3 Å². The van der Waals surface area contributed by atoms with Crippen LogP contribution in [0.5, 0.6) is 5.75 Å². The minimum Gasteiger partial charge on any atom is -0.494 e. The normalized spacial score (nSPS) is 14.5. The van der Waals surface area contributed by atoms with Crippen molar-refractivity contribution < 1.29 is 24.5 Å². The largest absolute Gasteiger partial charge is 0.494 e. The standard InChI is InChI=1S/C19H30ClNO.C2H2O4/c20-18-10-12-19(13-11-18)22-17-9-5-1-2-6-14-21-15-7-3-4-8-16-21;3-1(4)2(5)6/h10-13H,1-9,14-17H2;(H,3,4)(H,5,6). The second kappa shape index (κ2) is 15.2. The number of carbonyl (C=O) groups is 2. The smallest absolute Gasteiger partial charge is 0.414 e. The highest BCUT2D eigenvalue weighted by atomic mass is 35.5. The topological polar surface area (TPSA) is 87.1 Å². The molecule has 0 radical (unpaired) electrons. The average Bonchev–Trinajstić information content (AvgIpc) is 2.94. The van der Waals surface area contributed by atoms with E-state index in [1.165, 1.54) is 71.0 Å². The lowest BCUT2D eigenvalue weighted by atomic mass is 10.1. The van der Waals surface area contributed by atoms with Crippen molar-refractivity contribution >= 4 is 23.5 Å². The fourth-order valence-electron chi connectivity index (χ4n) is 3.05. The SMILES string of the molecule is Clc1ccc(OCCCCCCCN2CCCCCC2)cc1.O=C(O)C(=O)O. The minimum atomic E-state index is -1.82. The number of hydrogen-bond donors (Lipinski definition) is 2. The Morgan fingerprint density at radius 3 is 1.96 bits per heavy atom. The van der Waals surface area contributed by atoms with Crippen molar-refractivity contribution in [3.63, 3.8) is 0 Å². The van der Waals surface area contributed by atoms with Gasteiger partial charge in [0.25, 0.3) is 0 Å². The summed E-state index contributed by atoms with van der Waals surface area (Å²) in [7, 11) is 0. The van der Waals surface area contributed by atoms with E-state index >= 15 is 0 Å². The maximum absolute atomic E-state index is 9.10. The van der Waals surface area contributed by atoms with Crippen LogP contribution < -0.4 is 4.74 Å². The highest BCUT2D eigenvalue weighted by Crippen LogP contribution is 2.16. The first-order valence-corrected chi connectivity index (χ1v) is 10.4. The molecule has 6 nitrogen and oxygen atoms in total. The number of hydrogen-bond acceptors (Lipinski definition) is 4. The Balaban J connectivity index is 0.000000568. The summed E-state index contributed by atoms with van der Waals surface area (Å²) in [5, 5.41) is 15.5. The van der Waals surface area contributed by atoms with Crippen LogP contribution in [0.15, 0.2) is 24.3 Å². The second-order valence-electron chi connectivity index (χ2n) is 6.94. The number of nitrogens with zero attached hydrogens (tertiary/aromatic N) is 1. The van der Waals surface area contributed by atoms with E-state index in [4.69, 9.17) is 36.1 Å². The van der Waals surface area contributed by atoms with Crippen LogP contribution >= 0.6 is 11.6 Å². The van der Waals surface area contributed by atoms with Gasteiger partial charge in [-0.05, 0) is 69.6 Å². The number of rotatable bonds is 9. The molecule has 2 rings (SSSR count). The molecule has 0 bridgehead atoms. The molecule has 0 aromatic heterocycles. The van der Waals surface area contributed by atoms with E-state index in [2.05, 4.69) is 4.90 Å². The molecule has 1 heterocycles. The van der Waals surface area contributed by atoms with Gasteiger partial charge in [0.05, 0.1) is 6.61 Å². The van der Waals surface area contributed by atoms with Crippen molar-refractivity contribution in [1.82, 2.24) is 4.90 Å². The second-order valence-corrected chi connectivity index (χ2v) is 7.37. The molecule has 1 aromatic rings. The first kappa shape index (κ1) is 24.2. The number of halogens is 1. The summed E-state index contributed by atoms with van der Waals surface area (Å²) < 4.78 is 5.71. The van der Waals surface area contributed by atoms with Gasteiger partial charge in [0.2, 0.25) is 0 Å². The molecule has 0 aliphatic carbocycles. The number of ether oxygens (including phenoxy) is 1. The molecule has 1 fully saturated rings. The monoisotopic (exact) mass is 413 g/mol. The predicted molar refractivity (Wildman–Crippen MR) is 110 cm³/mol. The first-order chi connectivity index (χ1) is 13.5. The molecule has 1 saturated heterocycles. The van der Waals surface area contributed by atoms with Gasteiger partial charge in [0.15, 0.2) is 0 Å². The lowest BCUT2D eigenvalue weighted by Crippen LogP contribution is -2.25. The summed E-state index contributed by atoms with van der Waals surface area (Å²) in [5.74, 6) is -2.73. The van der Waals surface area contributed by atoms with Crippen molar-refractivity contribution in [2.24, 2.45) is 0 Å². The Morgan fingerprint density at radius 2 is 1.39 bits per heavy atom. The first-order valence-electron chi connectivity index (χ1n) is 10.1. The number of carboxylic acids is 2.